The zero-order valence-corrected chi connectivity index (χ0v) is 20.9. The summed E-state index contributed by atoms with van der Waals surface area (Å²) in [4.78, 5) is 19.7. The second-order valence-electron chi connectivity index (χ2n) is 8.35. The lowest BCUT2D eigenvalue weighted by molar-refractivity contribution is 0.244. The number of carbonyl (C=O) groups excluding carboxylic acids is 1. The number of nitrogens with one attached hydrogen (secondary N) is 1. The van der Waals surface area contributed by atoms with Crippen LogP contribution in [-0.2, 0) is 0 Å². The van der Waals surface area contributed by atoms with Crippen LogP contribution in [0.4, 0.5) is 10.5 Å². The maximum atomic E-state index is 13.5. The van der Waals surface area contributed by atoms with Gasteiger partial charge in [0.1, 0.15) is 17.2 Å². The maximum absolute atomic E-state index is 13.5. The van der Waals surface area contributed by atoms with Crippen LogP contribution in [0, 0.1) is 0 Å². The summed E-state index contributed by atoms with van der Waals surface area (Å²) in [5.41, 5.74) is 3.56. The standard InChI is InChI=1S/C28H26N4O5/c1-17-24(27-30-26(31-37-27)19-10-12-21(34-2)13-11-19)25(18-8-6-5-7-9-18)29-28(33)32(17)20-14-22(35-3)16-23(15-20)36-4/h5-16,25H,1-4H3,(H,29,33). The number of carbonyl (C=O) groups is 1. The van der Waals surface area contributed by atoms with Crippen molar-refractivity contribution in [3.8, 4) is 28.6 Å². The molecule has 0 bridgehead atoms. The summed E-state index contributed by atoms with van der Waals surface area (Å²) < 4.78 is 21.9. The predicted molar refractivity (Wildman–Crippen MR) is 139 cm³/mol. The second kappa shape index (κ2) is 10.1. The van der Waals surface area contributed by atoms with Crippen molar-refractivity contribution in [2.45, 2.75) is 13.0 Å². The highest BCUT2D eigenvalue weighted by atomic mass is 16.5. The van der Waals surface area contributed by atoms with Crippen molar-refractivity contribution in [3.63, 3.8) is 0 Å². The number of amides is 2. The van der Waals surface area contributed by atoms with E-state index in [4.69, 9.17) is 23.7 Å². The number of ether oxygens (including phenoxy) is 3. The Bertz CT molecular complexity index is 1420. The van der Waals surface area contributed by atoms with Crippen LogP contribution in [0.3, 0.4) is 0 Å². The minimum absolute atomic E-state index is 0.303. The van der Waals surface area contributed by atoms with E-state index in [1.807, 2.05) is 61.5 Å². The summed E-state index contributed by atoms with van der Waals surface area (Å²) >= 11 is 0. The molecule has 1 atom stereocenters. The average Bonchev–Trinajstić information content (AvgIpc) is 3.42. The van der Waals surface area contributed by atoms with Crippen LogP contribution in [0.15, 0.2) is 83.0 Å². The minimum atomic E-state index is -0.498. The zero-order valence-electron chi connectivity index (χ0n) is 20.9. The first-order valence-electron chi connectivity index (χ1n) is 11.6. The molecule has 4 aromatic rings. The van der Waals surface area contributed by atoms with Crippen LogP contribution in [0.25, 0.3) is 17.0 Å². The van der Waals surface area contributed by atoms with Gasteiger partial charge in [0.25, 0.3) is 5.89 Å². The van der Waals surface area contributed by atoms with Crippen molar-refractivity contribution in [2.24, 2.45) is 0 Å². The fourth-order valence-electron chi connectivity index (χ4n) is 4.34. The third kappa shape index (κ3) is 4.58. The van der Waals surface area contributed by atoms with Gasteiger partial charge in [0.05, 0.1) is 38.6 Å². The average molecular weight is 499 g/mol. The molecule has 9 heteroatoms. The molecule has 9 nitrogen and oxygen atoms in total. The molecule has 2 amide bonds. The Hall–Kier alpha value is -4.79. The summed E-state index contributed by atoms with van der Waals surface area (Å²) in [6, 6.07) is 21.5. The summed E-state index contributed by atoms with van der Waals surface area (Å²) in [5.74, 6) is 2.57. The molecule has 188 valence electrons. The van der Waals surface area contributed by atoms with E-state index in [2.05, 4.69) is 10.5 Å². The van der Waals surface area contributed by atoms with Gasteiger partial charge in [-0.05, 0) is 36.8 Å². The number of hydrogen-bond donors (Lipinski definition) is 1. The lowest BCUT2D eigenvalue weighted by Gasteiger charge is -2.35. The molecule has 1 N–H and O–H groups in total. The van der Waals surface area contributed by atoms with Crippen LogP contribution < -0.4 is 24.4 Å². The summed E-state index contributed by atoms with van der Waals surface area (Å²) in [6.45, 7) is 1.85. The number of allylic oxidation sites excluding steroid dienone is 1. The van der Waals surface area contributed by atoms with Gasteiger partial charge in [-0.15, -0.1) is 0 Å². The summed E-state index contributed by atoms with van der Waals surface area (Å²) in [5, 5.41) is 7.32. The summed E-state index contributed by atoms with van der Waals surface area (Å²) in [6.07, 6.45) is 0. The topological polar surface area (TPSA) is 99.0 Å². The SMILES string of the molecule is COc1ccc(-c2noc(C3=C(C)N(c4cc(OC)cc(OC)c4)C(=O)NC3c3ccccc3)n2)cc1. The number of methoxy groups -OCH3 is 3. The number of anilines is 1. The summed E-state index contributed by atoms with van der Waals surface area (Å²) in [7, 11) is 4.74. The smallest absolute Gasteiger partial charge is 0.327 e. The van der Waals surface area contributed by atoms with E-state index in [0.717, 1.165) is 16.9 Å². The predicted octanol–water partition coefficient (Wildman–Crippen LogP) is 5.46. The van der Waals surface area contributed by atoms with Gasteiger partial charge in [0.15, 0.2) is 0 Å². The van der Waals surface area contributed by atoms with Crippen molar-refractivity contribution in [2.75, 3.05) is 26.2 Å². The van der Waals surface area contributed by atoms with Crippen molar-refractivity contribution < 1.29 is 23.5 Å². The highest BCUT2D eigenvalue weighted by molar-refractivity contribution is 6.01. The molecule has 1 aliphatic heterocycles. The largest absolute Gasteiger partial charge is 0.497 e. The molecule has 5 rings (SSSR count). The normalized spacial score (nSPS) is 15.4. The van der Waals surface area contributed by atoms with Gasteiger partial charge in [-0.25, -0.2) is 4.79 Å². The fraction of sp³-hybridized carbons (Fsp3) is 0.179. The van der Waals surface area contributed by atoms with Gasteiger partial charge in [-0.1, -0.05) is 35.5 Å². The van der Waals surface area contributed by atoms with Crippen LogP contribution in [0.1, 0.15) is 24.4 Å². The van der Waals surface area contributed by atoms with Crippen LogP contribution in [-0.4, -0.2) is 37.5 Å². The molecular formula is C28H26N4O5. The van der Waals surface area contributed by atoms with Gasteiger partial charge in [-0.2, -0.15) is 4.98 Å². The maximum Gasteiger partial charge on any atom is 0.327 e. The van der Waals surface area contributed by atoms with Crippen LogP contribution >= 0.6 is 0 Å². The monoisotopic (exact) mass is 498 g/mol. The zero-order chi connectivity index (χ0) is 25.9. The number of benzene rings is 3. The molecule has 0 spiro atoms. The van der Waals surface area contributed by atoms with E-state index in [9.17, 15) is 4.79 Å². The highest BCUT2D eigenvalue weighted by Gasteiger charge is 2.36. The van der Waals surface area contributed by atoms with Crippen molar-refractivity contribution >= 4 is 17.3 Å². The first-order valence-corrected chi connectivity index (χ1v) is 11.6. The van der Waals surface area contributed by atoms with Gasteiger partial charge in [0.2, 0.25) is 5.82 Å². The lowest BCUT2D eigenvalue weighted by Crippen LogP contribution is -2.46. The molecule has 37 heavy (non-hydrogen) atoms. The molecule has 2 heterocycles. The van der Waals surface area contributed by atoms with E-state index in [-0.39, 0.29) is 6.03 Å². The van der Waals surface area contributed by atoms with Crippen LogP contribution in [0.2, 0.25) is 0 Å². The minimum Gasteiger partial charge on any atom is -0.497 e. The number of nitrogens with zero attached hydrogens (tertiary/aromatic N) is 3. The number of aromatic nitrogens is 2. The molecule has 0 saturated carbocycles. The Morgan fingerprint density at radius 3 is 2.14 bits per heavy atom. The number of rotatable bonds is 7. The first kappa shape index (κ1) is 23.9. The van der Waals surface area contributed by atoms with E-state index in [1.54, 1.807) is 44.4 Å². The third-order valence-electron chi connectivity index (χ3n) is 6.22. The molecule has 1 unspecified atom stereocenters. The molecule has 0 fully saturated rings. The fourth-order valence-corrected chi connectivity index (χ4v) is 4.34. The number of hydrogen-bond acceptors (Lipinski definition) is 7. The van der Waals surface area contributed by atoms with Gasteiger partial charge >= 0.3 is 6.03 Å². The quantitative estimate of drug-likeness (QED) is 0.361. The Kier molecular flexibility index (Phi) is 6.51. The third-order valence-corrected chi connectivity index (χ3v) is 6.22. The second-order valence-corrected chi connectivity index (χ2v) is 8.35. The highest BCUT2D eigenvalue weighted by Crippen LogP contribution is 2.40. The van der Waals surface area contributed by atoms with Crippen molar-refractivity contribution in [1.29, 1.82) is 0 Å². The van der Waals surface area contributed by atoms with Gasteiger partial charge in [0, 0.05) is 29.5 Å². The molecule has 0 saturated heterocycles. The Morgan fingerprint density at radius 2 is 1.51 bits per heavy atom. The molecule has 3 aromatic carbocycles. The van der Waals surface area contributed by atoms with Gasteiger partial charge in [-0.3, -0.25) is 4.90 Å². The van der Waals surface area contributed by atoms with E-state index < -0.39 is 6.04 Å². The molecule has 0 aliphatic carbocycles. The van der Waals surface area contributed by atoms with Crippen LogP contribution in [0.5, 0.6) is 17.2 Å². The Morgan fingerprint density at radius 1 is 0.865 bits per heavy atom. The first-order chi connectivity index (χ1) is 18.0. The van der Waals surface area contributed by atoms with Gasteiger partial charge < -0.3 is 24.1 Å². The molecular weight excluding hydrogens is 472 g/mol. The molecule has 0 radical (unpaired) electrons. The van der Waals surface area contributed by atoms with E-state index in [0.29, 0.717) is 40.2 Å². The van der Waals surface area contributed by atoms with Crippen molar-refractivity contribution in [3.05, 3.63) is 89.9 Å². The number of urea groups is 1. The van der Waals surface area contributed by atoms with E-state index in [1.165, 1.54) is 0 Å². The Labute approximate surface area is 214 Å². The Balaban J connectivity index is 1.64. The van der Waals surface area contributed by atoms with Crippen molar-refractivity contribution in [1.82, 2.24) is 15.5 Å². The van der Waals surface area contributed by atoms with E-state index >= 15 is 0 Å². The molecule has 1 aliphatic rings. The lowest BCUT2D eigenvalue weighted by atomic mass is 9.94. The molecule has 1 aromatic heterocycles.